The smallest absolute Gasteiger partial charge is 0.226 e. The Balaban J connectivity index is 1.99. The molecule has 0 radical (unpaired) electrons. The Labute approximate surface area is 156 Å². The first-order valence-electron chi connectivity index (χ1n) is 11.3. The molecule has 2 rings (SSSR count). The summed E-state index contributed by atoms with van der Waals surface area (Å²) >= 11 is 0. The van der Waals surface area contributed by atoms with Crippen molar-refractivity contribution in [3.8, 4) is 0 Å². The minimum atomic E-state index is -0.0485. The Bertz CT molecular complexity index is 384. The molecule has 1 heterocycles. The number of nitrogens with one attached hydrogen (secondary N) is 1. The molecule has 2 unspecified atom stereocenters. The lowest BCUT2D eigenvalue weighted by atomic mass is 9.65. The second-order valence-electron chi connectivity index (χ2n) is 9.53. The maximum absolute atomic E-state index is 13.2. The zero-order valence-electron chi connectivity index (χ0n) is 17.2. The Morgan fingerprint density at radius 3 is 2.36 bits per heavy atom. The van der Waals surface area contributed by atoms with Crippen LogP contribution in [-0.2, 0) is 4.79 Å². The fourth-order valence-electron chi connectivity index (χ4n) is 5.24. The third-order valence-corrected chi connectivity index (χ3v) is 6.99. The fourth-order valence-corrected chi connectivity index (χ4v) is 5.24. The van der Waals surface area contributed by atoms with Gasteiger partial charge in [-0.2, -0.15) is 0 Å². The van der Waals surface area contributed by atoms with E-state index in [-0.39, 0.29) is 5.41 Å². The van der Waals surface area contributed by atoms with Gasteiger partial charge in [0.15, 0.2) is 0 Å². The molecule has 0 spiro atoms. The van der Waals surface area contributed by atoms with Crippen molar-refractivity contribution >= 4 is 5.91 Å². The van der Waals surface area contributed by atoms with E-state index >= 15 is 0 Å². The number of hydrogen-bond donors (Lipinski definition) is 1. The number of carbonyl (C=O) groups excluding carboxylic acids is 1. The van der Waals surface area contributed by atoms with E-state index < -0.39 is 0 Å². The van der Waals surface area contributed by atoms with Crippen molar-refractivity contribution in [3.05, 3.63) is 0 Å². The van der Waals surface area contributed by atoms with Gasteiger partial charge in [-0.05, 0) is 56.3 Å². The molecule has 25 heavy (non-hydrogen) atoms. The van der Waals surface area contributed by atoms with Gasteiger partial charge in [0.1, 0.15) is 0 Å². The second kappa shape index (κ2) is 10.6. The number of hydrogen-bond acceptors (Lipinski definition) is 1. The van der Waals surface area contributed by atoms with Crippen molar-refractivity contribution in [2.24, 2.45) is 23.2 Å². The molecule has 1 amide bonds. The van der Waals surface area contributed by atoms with E-state index in [0.717, 1.165) is 31.2 Å². The zero-order valence-corrected chi connectivity index (χ0v) is 17.2. The largest absolute Gasteiger partial charge is 0.356 e. The minimum Gasteiger partial charge on any atom is -0.356 e. The molecule has 0 bridgehead atoms. The molecule has 2 fully saturated rings. The highest BCUT2D eigenvalue weighted by Crippen LogP contribution is 2.46. The van der Waals surface area contributed by atoms with E-state index in [0.29, 0.717) is 11.8 Å². The van der Waals surface area contributed by atoms with Crippen LogP contribution in [0.1, 0.15) is 111 Å². The van der Waals surface area contributed by atoms with Crippen LogP contribution in [0.25, 0.3) is 0 Å². The predicted molar refractivity (Wildman–Crippen MR) is 108 cm³/mol. The van der Waals surface area contributed by atoms with Crippen LogP contribution in [0.15, 0.2) is 0 Å². The summed E-state index contributed by atoms with van der Waals surface area (Å²) in [5.41, 5.74) is -0.0485. The molecule has 146 valence electrons. The third-order valence-electron chi connectivity index (χ3n) is 6.99. The van der Waals surface area contributed by atoms with Gasteiger partial charge in [0.05, 0.1) is 5.41 Å². The molecule has 0 aromatic rings. The van der Waals surface area contributed by atoms with E-state index in [2.05, 4.69) is 26.1 Å². The van der Waals surface area contributed by atoms with E-state index in [1.165, 1.54) is 77.0 Å². The van der Waals surface area contributed by atoms with Gasteiger partial charge in [0.2, 0.25) is 5.91 Å². The molecular formula is C23H43NO. The average molecular weight is 350 g/mol. The average Bonchev–Trinajstić information content (AvgIpc) is 2.95. The van der Waals surface area contributed by atoms with Crippen molar-refractivity contribution in [1.29, 1.82) is 0 Å². The topological polar surface area (TPSA) is 29.1 Å². The van der Waals surface area contributed by atoms with Crippen LogP contribution < -0.4 is 5.32 Å². The standard InChI is InChI=1S/C23H43NO/c1-19(2)11-10-12-20(3)15-17-23(16-8-9-18-24-22(23)25)21-13-6-4-5-7-14-21/h19-21H,4-18H2,1-3H3,(H,24,25). The van der Waals surface area contributed by atoms with Gasteiger partial charge in [-0.25, -0.2) is 0 Å². The summed E-state index contributed by atoms with van der Waals surface area (Å²) in [6.07, 6.45) is 17.9. The Morgan fingerprint density at radius 2 is 1.68 bits per heavy atom. The highest BCUT2D eigenvalue weighted by Gasteiger charge is 2.45. The molecule has 1 aliphatic carbocycles. The predicted octanol–water partition coefficient (Wildman–Crippen LogP) is 6.49. The SMILES string of the molecule is CC(C)CCCC(C)CCC1(C2CCCCCC2)CCCCNC1=O. The van der Waals surface area contributed by atoms with Crippen LogP contribution in [0, 0.1) is 23.2 Å². The molecule has 1 saturated carbocycles. The van der Waals surface area contributed by atoms with Crippen molar-refractivity contribution in [3.63, 3.8) is 0 Å². The Hall–Kier alpha value is -0.530. The number of amides is 1. The molecule has 1 saturated heterocycles. The second-order valence-corrected chi connectivity index (χ2v) is 9.53. The van der Waals surface area contributed by atoms with Crippen LogP contribution in [0.5, 0.6) is 0 Å². The first kappa shape index (κ1) is 20.8. The fraction of sp³-hybridized carbons (Fsp3) is 0.957. The summed E-state index contributed by atoms with van der Waals surface area (Å²) < 4.78 is 0. The van der Waals surface area contributed by atoms with E-state index in [9.17, 15) is 4.79 Å². The molecule has 2 atom stereocenters. The molecule has 0 aromatic heterocycles. The van der Waals surface area contributed by atoms with Crippen molar-refractivity contribution in [2.45, 2.75) is 111 Å². The maximum Gasteiger partial charge on any atom is 0.226 e. The maximum atomic E-state index is 13.2. The first-order chi connectivity index (χ1) is 12.0. The molecular weight excluding hydrogens is 306 g/mol. The minimum absolute atomic E-state index is 0.0485. The molecule has 0 aromatic carbocycles. The molecule has 1 aliphatic heterocycles. The number of rotatable bonds is 8. The monoisotopic (exact) mass is 349 g/mol. The Kier molecular flexibility index (Phi) is 8.79. The van der Waals surface area contributed by atoms with Gasteiger partial charge in [-0.1, -0.05) is 72.1 Å². The van der Waals surface area contributed by atoms with Gasteiger partial charge < -0.3 is 5.32 Å². The van der Waals surface area contributed by atoms with Crippen molar-refractivity contribution in [1.82, 2.24) is 5.32 Å². The van der Waals surface area contributed by atoms with Crippen molar-refractivity contribution < 1.29 is 4.79 Å². The summed E-state index contributed by atoms with van der Waals surface area (Å²) in [5, 5.41) is 3.30. The van der Waals surface area contributed by atoms with Gasteiger partial charge >= 0.3 is 0 Å². The van der Waals surface area contributed by atoms with Gasteiger partial charge in [-0.15, -0.1) is 0 Å². The Morgan fingerprint density at radius 1 is 0.960 bits per heavy atom. The molecule has 1 N–H and O–H groups in total. The number of carbonyl (C=O) groups is 1. The lowest BCUT2D eigenvalue weighted by molar-refractivity contribution is -0.135. The van der Waals surface area contributed by atoms with Crippen molar-refractivity contribution in [2.75, 3.05) is 6.54 Å². The van der Waals surface area contributed by atoms with Crippen LogP contribution >= 0.6 is 0 Å². The normalized spacial score (nSPS) is 27.6. The van der Waals surface area contributed by atoms with E-state index in [4.69, 9.17) is 0 Å². The third kappa shape index (κ3) is 6.29. The first-order valence-corrected chi connectivity index (χ1v) is 11.3. The highest BCUT2D eigenvalue weighted by molar-refractivity contribution is 5.83. The summed E-state index contributed by atoms with van der Waals surface area (Å²) in [6.45, 7) is 7.95. The van der Waals surface area contributed by atoms with E-state index in [1.54, 1.807) is 0 Å². The van der Waals surface area contributed by atoms with Gasteiger partial charge in [0.25, 0.3) is 0 Å². The lowest BCUT2D eigenvalue weighted by Gasteiger charge is -2.39. The van der Waals surface area contributed by atoms with Gasteiger partial charge in [0, 0.05) is 6.54 Å². The zero-order chi connectivity index (χ0) is 18.1. The lowest BCUT2D eigenvalue weighted by Crippen LogP contribution is -2.45. The summed E-state index contributed by atoms with van der Waals surface area (Å²) in [7, 11) is 0. The van der Waals surface area contributed by atoms with Crippen LogP contribution in [0.4, 0.5) is 0 Å². The summed E-state index contributed by atoms with van der Waals surface area (Å²) in [6, 6.07) is 0. The molecule has 2 aliphatic rings. The molecule has 2 heteroatoms. The van der Waals surface area contributed by atoms with Crippen LogP contribution in [0.2, 0.25) is 0 Å². The summed E-state index contributed by atoms with van der Waals surface area (Å²) in [4.78, 5) is 13.2. The van der Waals surface area contributed by atoms with Gasteiger partial charge in [-0.3, -0.25) is 4.79 Å². The van der Waals surface area contributed by atoms with Crippen LogP contribution in [-0.4, -0.2) is 12.5 Å². The van der Waals surface area contributed by atoms with Crippen LogP contribution in [0.3, 0.4) is 0 Å². The molecule has 2 nitrogen and oxygen atoms in total. The quantitative estimate of drug-likeness (QED) is 0.499. The highest BCUT2D eigenvalue weighted by atomic mass is 16.2. The van der Waals surface area contributed by atoms with E-state index in [1.807, 2.05) is 0 Å². The summed E-state index contributed by atoms with van der Waals surface area (Å²) in [5.74, 6) is 2.62.